The predicted molar refractivity (Wildman–Crippen MR) is 68.3 cm³/mol. The van der Waals surface area contributed by atoms with Crippen molar-refractivity contribution in [1.29, 1.82) is 0 Å². The number of methoxy groups -OCH3 is 1. The third-order valence-electron chi connectivity index (χ3n) is 3.11. The van der Waals surface area contributed by atoms with E-state index < -0.39 is 5.41 Å². The average molecular weight is 259 g/mol. The van der Waals surface area contributed by atoms with Gasteiger partial charge in [-0.25, -0.2) is 0 Å². The lowest BCUT2D eigenvalue weighted by Crippen LogP contribution is -2.56. The molecule has 5 nitrogen and oxygen atoms in total. The van der Waals surface area contributed by atoms with Gasteiger partial charge in [0.2, 0.25) is 0 Å². The number of hydrogen-bond acceptors (Lipinski definition) is 5. The molecule has 0 aliphatic carbocycles. The van der Waals surface area contributed by atoms with Gasteiger partial charge in [-0.15, -0.1) is 0 Å². The highest BCUT2D eigenvalue weighted by Crippen LogP contribution is 2.25. The molecule has 0 bridgehead atoms. The van der Waals surface area contributed by atoms with Crippen LogP contribution in [0.2, 0.25) is 0 Å². The summed E-state index contributed by atoms with van der Waals surface area (Å²) in [6.07, 6.45) is -0.192. The van der Waals surface area contributed by atoms with Crippen molar-refractivity contribution in [2.45, 2.75) is 39.4 Å². The van der Waals surface area contributed by atoms with Crippen molar-refractivity contribution >= 4 is 5.97 Å². The fourth-order valence-corrected chi connectivity index (χ4v) is 2.53. The molecule has 0 aromatic rings. The van der Waals surface area contributed by atoms with Gasteiger partial charge in [0.1, 0.15) is 0 Å². The van der Waals surface area contributed by atoms with Crippen molar-refractivity contribution in [2.24, 2.45) is 5.41 Å². The molecule has 1 fully saturated rings. The number of rotatable bonds is 4. The summed E-state index contributed by atoms with van der Waals surface area (Å²) in [6, 6.07) is 0. The number of ether oxygens (including phenoxy) is 2. The molecular weight excluding hydrogens is 234 g/mol. The van der Waals surface area contributed by atoms with E-state index in [-0.39, 0.29) is 24.3 Å². The maximum atomic E-state index is 11.7. The Morgan fingerprint density at radius 3 is 2.67 bits per heavy atom. The van der Waals surface area contributed by atoms with Gasteiger partial charge in [-0.1, -0.05) is 0 Å². The van der Waals surface area contributed by atoms with Gasteiger partial charge in [0.25, 0.3) is 0 Å². The summed E-state index contributed by atoms with van der Waals surface area (Å²) < 4.78 is 10.6. The van der Waals surface area contributed by atoms with Crippen LogP contribution in [0.5, 0.6) is 0 Å². The topological polar surface area (TPSA) is 59.0 Å². The predicted octanol–water partition coefficient (Wildman–Crippen LogP) is 0.657. The highest BCUT2D eigenvalue weighted by molar-refractivity contribution is 5.76. The van der Waals surface area contributed by atoms with E-state index in [2.05, 4.69) is 4.90 Å². The molecule has 18 heavy (non-hydrogen) atoms. The van der Waals surface area contributed by atoms with Crippen molar-refractivity contribution < 1.29 is 19.4 Å². The molecule has 5 heteroatoms. The first-order valence-electron chi connectivity index (χ1n) is 6.29. The number of esters is 1. The first-order valence-corrected chi connectivity index (χ1v) is 6.29. The third kappa shape index (κ3) is 3.93. The van der Waals surface area contributed by atoms with Gasteiger partial charge in [-0.05, 0) is 27.7 Å². The van der Waals surface area contributed by atoms with Gasteiger partial charge in [0, 0.05) is 19.6 Å². The zero-order valence-corrected chi connectivity index (χ0v) is 12.0. The number of aliphatic hydroxyl groups excluding tert-OH is 1. The Morgan fingerprint density at radius 2 is 2.17 bits per heavy atom. The van der Waals surface area contributed by atoms with E-state index >= 15 is 0 Å². The summed E-state index contributed by atoms with van der Waals surface area (Å²) in [4.78, 5) is 13.8. The van der Waals surface area contributed by atoms with Crippen LogP contribution in [0.15, 0.2) is 0 Å². The SMILES string of the molecule is COC(=O)C(C)(C)CN1CC(CO)OC(C)(C)C1. The molecule has 1 N–H and O–H groups in total. The van der Waals surface area contributed by atoms with Crippen molar-refractivity contribution in [2.75, 3.05) is 33.4 Å². The van der Waals surface area contributed by atoms with E-state index in [9.17, 15) is 9.90 Å². The summed E-state index contributed by atoms with van der Waals surface area (Å²) in [6.45, 7) is 9.70. The Kier molecular flexibility index (Phi) is 4.75. The van der Waals surface area contributed by atoms with Crippen LogP contribution in [0.1, 0.15) is 27.7 Å². The summed E-state index contributed by atoms with van der Waals surface area (Å²) >= 11 is 0. The summed E-state index contributed by atoms with van der Waals surface area (Å²) in [5.41, 5.74) is -0.861. The van der Waals surface area contributed by atoms with Crippen LogP contribution in [0, 0.1) is 5.41 Å². The standard InChI is InChI=1S/C13H25NO4/c1-12(2,11(16)17-5)8-14-6-10(7-15)18-13(3,4)9-14/h10,15H,6-9H2,1-5H3. The normalized spacial score (nSPS) is 24.9. The van der Waals surface area contributed by atoms with E-state index in [1.165, 1.54) is 7.11 Å². The lowest BCUT2D eigenvalue weighted by Gasteiger charge is -2.44. The van der Waals surface area contributed by atoms with Gasteiger partial charge in [0.15, 0.2) is 0 Å². The summed E-state index contributed by atoms with van der Waals surface area (Å²) in [5, 5.41) is 9.25. The molecule has 0 spiro atoms. The van der Waals surface area contributed by atoms with E-state index in [0.29, 0.717) is 13.1 Å². The Labute approximate surface area is 109 Å². The largest absolute Gasteiger partial charge is 0.469 e. The van der Waals surface area contributed by atoms with Crippen LogP contribution in [-0.4, -0.2) is 61.0 Å². The van der Waals surface area contributed by atoms with Crippen molar-refractivity contribution in [3.8, 4) is 0 Å². The third-order valence-corrected chi connectivity index (χ3v) is 3.11. The molecule has 1 unspecified atom stereocenters. The molecule has 1 atom stereocenters. The highest BCUT2D eigenvalue weighted by Gasteiger charge is 2.38. The number of nitrogens with zero attached hydrogens (tertiary/aromatic N) is 1. The maximum Gasteiger partial charge on any atom is 0.312 e. The van der Waals surface area contributed by atoms with E-state index in [1.54, 1.807) is 0 Å². The van der Waals surface area contributed by atoms with E-state index in [1.807, 2.05) is 27.7 Å². The minimum absolute atomic E-state index is 0.00141. The van der Waals surface area contributed by atoms with E-state index in [0.717, 1.165) is 6.54 Å². The Morgan fingerprint density at radius 1 is 1.56 bits per heavy atom. The molecule has 1 heterocycles. The zero-order valence-electron chi connectivity index (χ0n) is 12.0. The van der Waals surface area contributed by atoms with Crippen molar-refractivity contribution in [3.63, 3.8) is 0 Å². The van der Waals surface area contributed by atoms with Crippen molar-refractivity contribution in [3.05, 3.63) is 0 Å². The van der Waals surface area contributed by atoms with Crippen LogP contribution >= 0.6 is 0 Å². The quantitative estimate of drug-likeness (QED) is 0.752. The number of morpholine rings is 1. The fraction of sp³-hybridized carbons (Fsp3) is 0.923. The Hall–Kier alpha value is -0.650. The van der Waals surface area contributed by atoms with Crippen LogP contribution in [0.4, 0.5) is 0 Å². The lowest BCUT2D eigenvalue weighted by atomic mass is 9.91. The second-order valence-corrected chi connectivity index (χ2v) is 6.23. The summed E-state index contributed by atoms with van der Waals surface area (Å²) in [7, 11) is 1.41. The van der Waals surface area contributed by atoms with Crippen LogP contribution in [0.3, 0.4) is 0 Å². The van der Waals surface area contributed by atoms with Gasteiger partial charge in [-0.3, -0.25) is 9.69 Å². The number of aliphatic hydroxyl groups is 1. The van der Waals surface area contributed by atoms with Crippen LogP contribution in [-0.2, 0) is 14.3 Å². The highest BCUT2D eigenvalue weighted by atomic mass is 16.5. The zero-order chi connectivity index (χ0) is 14.0. The maximum absolute atomic E-state index is 11.7. The number of hydrogen-bond donors (Lipinski definition) is 1. The Balaban J connectivity index is 2.69. The Bertz CT molecular complexity index is 301. The molecule has 0 saturated carbocycles. The number of carbonyl (C=O) groups excluding carboxylic acids is 1. The fourth-order valence-electron chi connectivity index (χ4n) is 2.53. The minimum atomic E-state index is -0.553. The minimum Gasteiger partial charge on any atom is -0.469 e. The molecule has 106 valence electrons. The van der Waals surface area contributed by atoms with Gasteiger partial charge in [0.05, 0.1) is 30.8 Å². The monoisotopic (exact) mass is 259 g/mol. The molecule has 1 aliphatic rings. The van der Waals surface area contributed by atoms with Crippen LogP contribution in [0.25, 0.3) is 0 Å². The summed E-state index contributed by atoms with van der Waals surface area (Å²) in [5.74, 6) is -0.215. The molecule has 0 aromatic carbocycles. The van der Waals surface area contributed by atoms with Gasteiger partial charge in [-0.2, -0.15) is 0 Å². The lowest BCUT2D eigenvalue weighted by molar-refractivity contribution is -0.164. The smallest absolute Gasteiger partial charge is 0.312 e. The second-order valence-electron chi connectivity index (χ2n) is 6.23. The molecular formula is C13H25NO4. The molecule has 0 amide bonds. The molecule has 1 aliphatic heterocycles. The molecule has 1 saturated heterocycles. The van der Waals surface area contributed by atoms with Gasteiger partial charge >= 0.3 is 5.97 Å². The first-order chi connectivity index (χ1) is 8.20. The molecule has 0 radical (unpaired) electrons. The first kappa shape index (κ1) is 15.4. The van der Waals surface area contributed by atoms with Crippen LogP contribution < -0.4 is 0 Å². The van der Waals surface area contributed by atoms with E-state index in [4.69, 9.17) is 9.47 Å². The van der Waals surface area contributed by atoms with Gasteiger partial charge < -0.3 is 14.6 Å². The average Bonchev–Trinajstić information content (AvgIpc) is 2.24. The van der Waals surface area contributed by atoms with Crippen molar-refractivity contribution in [1.82, 2.24) is 4.90 Å². The molecule has 1 rings (SSSR count). The molecule has 0 aromatic heterocycles. The number of carbonyl (C=O) groups is 1. The second kappa shape index (κ2) is 5.55.